The molecule has 3 aliphatic heterocycles. The highest BCUT2D eigenvalue weighted by molar-refractivity contribution is 8.16. The van der Waals surface area contributed by atoms with E-state index in [2.05, 4.69) is 0 Å². The second-order valence-corrected chi connectivity index (χ2v) is 10.8. The number of hydrogen-bond acceptors (Lipinski definition) is 8. The van der Waals surface area contributed by atoms with E-state index < -0.39 is 12.0 Å². The molecule has 1 fully saturated rings. The maximum Gasteiger partial charge on any atom is 0.338 e. The normalized spacial score (nSPS) is 19.1. The number of aliphatic imine (C=N–C) groups is 1. The summed E-state index contributed by atoms with van der Waals surface area (Å²) < 4.78 is 10.9. The number of amides is 1. The van der Waals surface area contributed by atoms with Gasteiger partial charge in [-0.25, -0.2) is 9.79 Å². The van der Waals surface area contributed by atoms with Crippen LogP contribution in [0.4, 0.5) is 0 Å². The molecular weight excluding hydrogens is 526 g/mol. The lowest BCUT2D eigenvalue weighted by molar-refractivity contribution is -0.151. The van der Waals surface area contributed by atoms with E-state index in [9.17, 15) is 14.4 Å². The Hall–Kier alpha value is -3.85. The first-order valence-corrected chi connectivity index (χ1v) is 14.5. The quantitative estimate of drug-likeness (QED) is 0.411. The maximum absolute atomic E-state index is 13.5. The van der Waals surface area contributed by atoms with E-state index in [1.54, 1.807) is 6.92 Å². The molecule has 0 aromatic heterocycles. The summed E-state index contributed by atoms with van der Waals surface area (Å²) in [6.07, 6.45) is 1.37. The molecule has 0 saturated carbocycles. The minimum absolute atomic E-state index is 0.0123. The molecule has 0 aliphatic carbocycles. The molecule has 0 radical (unpaired) electrons. The maximum atomic E-state index is 13.5. The smallest absolute Gasteiger partial charge is 0.338 e. The summed E-state index contributed by atoms with van der Waals surface area (Å²) in [6, 6.07) is 18.9. The molecule has 208 valence electrons. The lowest BCUT2D eigenvalue weighted by Gasteiger charge is -2.37. The predicted molar refractivity (Wildman–Crippen MR) is 154 cm³/mol. The van der Waals surface area contributed by atoms with E-state index in [0.29, 0.717) is 43.8 Å². The molecule has 0 bridgehead atoms. The molecule has 9 heteroatoms. The fraction of sp³-hybridized carbons (Fsp3) is 0.355. The molecule has 1 unspecified atom stereocenters. The molecule has 1 atom stereocenters. The van der Waals surface area contributed by atoms with Crippen LogP contribution in [0.5, 0.6) is 0 Å². The minimum atomic E-state index is -0.472. The summed E-state index contributed by atoms with van der Waals surface area (Å²) in [7, 11) is 0. The average Bonchev–Trinajstić information content (AvgIpc) is 3.38. The Bertz CT molecular complexity index is 1350. The summed E-state index contributed by atoms with van der Waals surface area (Å²) in [5.74, 6) is -0.785. The van der Waals surface area contributed by atoms with E-state index >= 15 is 0 Å². The Morgan fingerprint density at radius 3 is 2.33 bits per heavy atom. The third-order valence-corrected chi connectivity index (χ3v) is 8.24. The number of fused-ring (bicyclic) bond motifs is 1. The summed E-state index contributed by atoms with van der Waals surface area (Å²) in [5.41, 5.74) is 3.67. The average molecular weight is 560 g/mol. The number of likely N-dealkylation sites (tertiary alicyclic amines) is 1. The van der Waals surface area contributed by atoms with Gasteiger partial charge in [0.25, 0.3) is 0 Å². The number of thioether (sulfide) groups is 1. The van der Waals surface area contributed by atoms with Gasteiger partial charge in [-0.1, -0.05) is 72.4 Å². The van der Waals surface area contributed by atoms with Gasteiger partial charge in [0.15, 0.2) is 5.17 Å². The molecule has 1 amide bonds. The zero-order valence-corrected chi connectivity index (χ0v) is 23.6. The van der Waals surface area contributed by atoms with Crippen LogP contribution in [0, 0.1) is 5.92 Å². The van der Waals surface area contributed by atoms with Crippen LogP contribution in [0.15, 0.2) is 88.0 Å². The summed E-state index contributed by atoms with van der Waals surface area (Å²) in [4.78, 5) is 47.6. The molecule has 1 saturated heterocycles. The summed E-state index contributed by atoms with van der Waals surface area (Å²) >= 11 is 1.45. The zero-order valence-electron chi connectivity index (χ0n) is 22.7. The Balaban J connectivity index is 1.34. The van der Waals surface area contributed by atoms with Crippen LogP contribution in [0.1, 0.15) is 50.3 Å². The number of nitrogens with zero attached hydrogens (tertiary/aromatic N) is 3. The van der Waals surface area contributed by atoms with Gasteiger partial charge in [-0.3, -0.25) is 9.59 Å². The van der Waals surface area contributed by atoms with Gasteiger partial charge in [0, 0.05) is 18.8 Å². The van der Waals surface area contributed by atoms with Crippen LogP contribution < -0.4 is 0 Å². The number of benzene rings is 2. The standard InChI is InChI=1S/C31H33N3O5S/c1-3-38-29(36)24-14-16-33(17-15-24)26(35)18-25-20-40-31-32-21(2)27(28(34(25)31)23-12-8-5-9-13-23)30(37)39-19-22-10-6-4-7-11-22/h4-13,20,24,28H,3,14-19H2,1-2H3. The van der Waals surface area contributed by atoms with E-state index in [4.69, 9.17) is 14.5 Å². The largest absolute Gasteiger partial charge is 0.466 e. The van der Waals surface area contributed by atoms with Crippen molar-refractivity contribution < 1.29 is 23.9 Å². The number of ether oxygens (including phenoxy) is 2. The van der Waals surface area contributed by atoms with Crippen molar-refractivity contribution in [3.8, 4) is 0 Å². The highest BCUT2D eigenvalue weighted by Gasteiger charge is 2.41. The molecule has 0 N–H and O–H groups in total. The Kier molecular flexibility index (Phi) is 8.69. The number of carbonyl (C=O) groups is 3. The predicted octanol–water partition coefficient (Wildman–Crippen LogP) is 5.20. The van der Waals surface area contributed by atoms with Crippen molar-refractivity contribution in [2.24, 2.45) is 10.9 Å². The number of amidine groups is 1. The monoisotopic (exact) mass is 559 g/mol. The number of carbonyl (C=O) groups excluding carboxylic acids is 3. The molecule has 3 heterocycles. The van der Waals surface area contributed by atoms with Crippen molar-refractivity contribution in [2.45, 2.75) is 45.8 Å². The SMILES string of the molecule is CCOC(=O)C1CCN(C(=O)CC2=CSC3=NC(C)=C(C(=O)OCc4ccccc4)C(c4ccccc4)N23)CC1. The van der Waals surface area contributed by atoms with Crippen molar-refractivity contribution in [3.63, 3.8) is 0 Å². The van der Waals surface area contributed by atoms with Crippen LogP contribution in [-0.2, 0) is 30.5 Å². The van der Waals surface area contributed by atoms with Crippen molar-refractivity contribution >= 4 is 34.8 Å². The molecule has 8 nitrogen and oxygen atoms in total. The van der Waals surface area contributed by atoms with Crippen LogP contribution >= 0.6 is 11.8 Å². The first-order chi connectivity index (χ1) is 19.5. The fourth-order valence-corrected chi connectivity index (χ4v) is 6.24. The van der Waals surface area contributed by atoms with Crippen molar-refractivity contribution in [1.82, 2.24) is 9.80 Å². The van der Waals surface area contributed by atoms with Gasteiger partial charge >= 0.3 is 11.9 Å². The summed E-state index contributed by atoms with van der Waals surface area (Å²) in [5, 5.41) is 2.68. The number of rotatable bonds is 8. The first-order valence-electron chi connectivity index (χ1n) is 13.6. The van der Waals surface area contributed by atoms with Gasteiger partial charge in [0.2, 0.25) is 5.91 Å². The molecule has 0 spiro atoms. The van der Waals surface area contributed by atoms with E-state index in [-0.39, 0.29) is 30.8 Å². The van der Waals surface area contributed by atoms with Gasteiger partial charge < -0.3 is 19.3 Å². The second-order valence-electron chi connectivity index (χ2n) is 9.95. The first kappa shape index (κ1) is 27.7. The number of hydrogen-bond donors (Lipinski definition) is 0. The number of piperidine rings is 1. The van der Waals surface area contributed by atoms with Gasteiger partial charge in [-0.05, 0) is 43.2 Å². The zero-order chi connectivity index (χ0) is 28.1. The fourth-order valence-electron chi connectivity index (χ4n) is 5.27. The third kappa shape index (κ3) is 5.99. The lowest BCUT2D eigenvalue weighted by atomic mass is 9.93. The van der Waals surface area contributed by atoms with Gasteiger partial charge in [0.05, 0.1) is 36.3 Å². The number of esters is 2. The topological polar surface area (TPSA) is 88.5 Å². The van der Waals surface area contributed by atoms with Gasteiger partial charge in [0.1, 0.15) is 6.61 Å². The molecular formula is C31H33N3O5S. The van der Waals surface area contributed by atoms with Crippen LogP contribution in [0.25, 0.3) is 0 Å². The van der Waals surface area contributed by atoms with Crippen LogP contribution in [-0.4, -0.2) is 52.5 Å². The van der Waals surface area contributed by atoms with Crippen LogP contribution in [0.3, 0.4) is 0 Å². The minimum Gasteiger partial charge on any atom is -0.466 e. The highest BCUT2D eigenvalue weighted by Crippen LogP contribution is 2.45. The van der Waals surface area contributed by atoms with Gasteiger partial charge in [-0.2, -0.15) is 0 Å². The summed E-state index contributed by atoms with van der Waals surface area (Å²) in [6.45, 7) is 5.18. The van der Waals surface area contributed by atoms with E-state index in [1.807, 2.05) is 82.8 Å². The highest BCUT2D eigenvalue weighted by atomic mass is 32.2. The van der Waals surface area contributed by atoms with E-state index in [1.165, 1.54) is 11.8 Å². The van der Waals surface area contributed by atoms with Crippen molar-refractivity contribution in [3.05, 3.63) is 94.2 Å². The van der Waals surface area contributed by atoms with Gasteiger partial charge in [-0.15, -0.1) is 0 Å². The Morgan fingerprint density at radius 1 is 0.975 bits per heavy atom. The van der Waals surface area contributed by atoms with Crippen LogP contribution in [0.2, 0.25) is 0 Å². The molecule has 3 aliphatic rings. The molecule has 40 heavy (non-hydrogen) atoms. The van der Waals surface area contributed by atoms with Crippen molar-refractivity contribution in [2.75, 3.05) is 19.7 Å². The third-order valence-electron chi connectivity index (χ3n) is 7.35. The van der Waals surface area contributed by atoms with E-state index in [0.717, 1.165) is 22.0 Å². The number of allylic oxidation sites excluding steroid dienone is 1. The lowest BCUT2D eigenvalue weighted by Crippen LogP contribution is -2.42. The molecule has 5 rings (SSSR count). The molecule has 2 aromatic rings. The Labute approximate surface area is 238 Å². The van der Waals surface area contributed by atoms with Crippen molar-refractivity contribution in [1.29, 1.82) is 0 Å². The Morgan fingerprint density at radius 2 is 1.65 bits per heavy atom. The molecule has 2 aromatic carbocycles. The second kappa shape index (κ2) is 12.6.